The van der Waals surface area contributed by atoms with Crippen LogP contribution in [0.25, 0.3) is 0 Å². The average Bonchev–Trinajstić information content (AvgIpc) is 2.91. The van der Waals surface area contributed by atoms with E-state index >= 15 is 0 Å². The molecule has 1 fully saturated rings. The van der Waals surface area contributed by atoms with Crippen LogP contribution in [0.1, 0.15) is 35.2 Å². The van der Waals surface area contributed by atoms with Gasteiger partial charge < -0.3 is 15.8 Å². The molecule has 1 aliphatic rings. The fourth-order valence-corrected chi connectivity index (χ4v) is 2.26. The number of anilines is 1. The number of hydrogen-bond acceptors (Lipinski definition) is 3. The normalized spacial score (nSPS) is 18.7. The minimum atomic E-state index is -4.57. The highest BCUT2D eigenvalue weighted by molar-refractivity contribution is 5.94. The van der Waals surface area contributed by atoms with Gasteiger partial charge in [-0.3, -0.25) is 4.79 Å². The van der Waals surface area contributed by atoms with E-state index in [9.17, 15) is 18.0 Å². The van der Waals surface area contributed by atoms with E-state index in [1.807, 2.05) is 0 Å². The lowest BCUT2D eigenvalue weighted by atomic mass is 10.1. The molecule has 1 aromatic carbocycles. The first-order chi connectivity index (χ1) is 9.88. The summed E-state index contributed by atoms with van der Waals surface area (Å²) in [6, 6.07) is 3.15. The smallest absolute Gasteiger partial charge is 0.398 e. The molecule has 1 amide bonds. The van der Waals surface area contributed by atoms with Crippen molar-refractivity contribution in [3.05, 3.63) is 29.3 Å². The van der Waals surface area contributed by atoms with Crippen molar-refractivity contribution in [2.75, 3.05) is 18.9 Å². The maximum Gasteiger partial charge on any atom is 0.418 e. The molecule has 1 aliphatic heterocycles. The molecule has 0 spiro atoms. The molecule has 0 radical (unpaired) electrons. The largest absolute Gasteiger partial charge is 0.418 e. The molecular formula is C14H17F3N2O2. The Hall–Kier alpha value is -1.76. The summed E-state index contributed by atoms with van der Waals surface area (Å²) in [4.78, 5) is 11.8. The fraction of sp³-hybridized carbons (Fsp3) is 0.500. The minimum Gasteiger partial charge on any atom is -0.398 e. The van der Waals surface area contributed by atoms with Gasteiger partial charge in [0.25, 0.3) is 5.91 Å². The molecule has 1 aromatic rings. The summed E-state index contributed by atoms with van der Waals surface area (Å²) in [6.07, 6.45) is -1.82. The summed E-state index contributed by atoms with van der Waals surface area (Å²) in [6.45, 7) is 1.10. The molecule has 21 heavy (non-hydrogen) atoms. The van der Waals surface area contributed by atoms with Crippen LogP contribution in [0.5, 0.6) is 0 Å². The second-order valence-corrected chi connectivity index (χ2v) is 4.98. The highest BCUT2D eigenvalue weighted by Crippen LogP contribution is 2.33. The van der Waals surface area contributed by atoms with Gasteiger partial charge in [-0.25, -0.2) is 0 Å². The van der Waals surface area contributed by atoms with Crippen molar-refractivity contribution in [1.82, 2.24) is 5.32 Å². The van der Waals surface area contributed by atoms with Gasteiger partial charge in [0.15, 0.2) is 0 Å². The number of ether oxygens (including phenoxy) is 1. The fourth-order valence-electron chi connectivity index (χ4n) is 2.26. The Balaban J connectivity index is 1.95. The quantitative estimate of drug-likeness (QED) is 0.840. The Morgan fingerprint density at radius 2 is 2.19 bits per heavy atom. The first kappa shape index (κ1) is 15.6. The van der Waals surface area contributed by atoms with Gasteiger partial charge in [-0.1, -0.05) is 0 Å². The summed E-state index contributed by atoms with van der Waals surface area (Å²) in [5, 5.41) is 2.60. The first-order valence-corrected chi connectivity index (χ1v) is 6.74. The van der Waals surface area contributed by atoms with Gasteiger partial charge in [0.1, 0.15) is 0 Å². The van der Waals surface area contributed by atoms with Gasteiger partial charge in [-0.2, -0.15) is 13.2 Å². The van der Waals surface area contributed by atoms with Crippen LogP contribution in [-0.2, 0) is 10.9 Å². The predicted octanol–water partition coefficient (Wildman–Crippen LogP) is 2.59. The summed E-state index contributed by atoms with van der Waals surface area (Å²) >= 11 is 0. The molecular weight excluding hydrogens is 285 g/mol. The summed E-state index contributed by atoms with van der Waals surface area (Å²) < 4.78 is 43.6. The Labute approximate surface area is 120 Å². The van der Waals surface area contributed by atoms with E-state index < -0.39 is 23.3 Å². The number of alkyl halides is 3. The maximum atomic E-state index is 12.7. The number of amides is 1. The van der Waals surface area contributed by atoms with Crippen molar-refractivity contribution in [1.29, 1.82) is 0 Å². The number of halogens is 3. The van der Waals surface area contributed by atoms with E-state index in [1.54, 1.807) is 0 Å². The predicted molar refractivity (Wildman–Crippen MR) is 71.8 cm³/mol. The maximum absolute atomic E-state index is 12.7. The number of benzene rings is 1. The molecule has 0 saturated carbocycles. The molecule has 116 valence electrons. The molecule has 1 heterocycles. The van der Waals surface area contributed by atoms with Crippen molar-refractivity contribution >= 4 is 11.6 Å². The number of hydrogen-bond donors (Lipinski definition) is 2. The average molecular weight is 302 g/mol. The van der Waals surface area contributed by atoms with Crippen molar-refractivity contribution in [3.63, 3.8) is 0 Å². The van der Waals surface area contributed by atoms with Crippen molar-refractivity contribution < 1.29 is 22.7 Å². The van der Waals surface area contributed by atoms with E-state index in [0.29, 0.717) is 13.0 Å². The SMILES string of the molecule is Nc1ccc(C(=O)NCCC2CCCO2)cc1C(F)(F)F. The minimum absolute atomic E-state index is 0.0520. The lowest BCUT2D eigenvalue weighted by Gasteiger charge is -2.13. The van der Waals surface area contributed by atoms with Gasteiger partial charge in [0, 0.05) is 24.4 Å². The summed E-state index contributed by atoms with van der Waals surface area (Å²) in [5.74, 6) is -0.543. The highest BCUT2D eigenvalue weighted by Gasteiger charge is 2.33. The van der Waals surface area contributed by atoms with Crippen LogP contribution in [0.3, 0.4) is 0 Å². The van der Waals surface area contributed by atoms with Gasteiger partial charge in [-0.15, -0.1) is 0 Å². The first-order valence-electron chi connectivity index (χ1n) is 6.74. The number of nitrogen functional groups attached to an aromatic ring is 1. The van der Waals surface area contributed by atoms with Crippen LogP contribution in [0, 0.1) is 0 Å². The van der Waals surface area contributed by atoms with Crippen molar-refractivity contribution in [3.8, 4) is 0 Å². The number of nitrogens with two attached hydrogens (primary N) is 1. The van der Waals surface area contributed by atoms with E-state index in [2.05, 4.69) is 5.32 Å². The number of carbonyl (C=O) groups excluding carboxylic acids is 1. The topological polar surface area (TPSA) is 64.4 Å². The molecule has 1 atom stereocenters. The Morgan fingerprint density at radius 1 is 1.43 bits per heavy atom. The van der Waals surface area contributed by atoms with Gasteiger partial charge >= 0.3 is 6.18 Å². The highest BCUT2D eigenvalue weighted by atomic mass is 19.4. The zero-order valence-electron chi connectivity index (χ0n) is 11.4. The lowest BCUT2D eigenvalue weighted by molar-refractivity contribution is -0.136. The Morgan fingerprint density at radius 3 is 2.81 bits per heavy atom. The third-order valence-electron chi connectivity index (χ3n) is 3.40. The Kier molecular flexibility index (Phi) is 4.72. The lowest BCUT2D eigenvalue weighted by Crippen LogP contribution is -2.27. The van der Waals surface area contributed by atoms with E-state index in [1.165, 1.54) is 6.07 Å². The van der Waals surface area contributed by atoms with Crippen LogP contribution < -0.4 is 11.1 Å². The third-order valence-corrected chi connectivity index (χ3v) is 3.40. The molecule has 7 heteroatoms. The third kappa shape index (κ3) is 4.10. The van der Waals surface area contributed by atoms with Gasteiger partial charge in [-0.05, 0) is 37.5 Å². The van der Waals surface area contributed by atoms with E-state index in [0.717, 1.165) is 31.6 Å². The Bertz CT molecular complexity index is 511. The summed E-state index contributed by atoms with van der Waals surface area (Å²) in [5.41, 5.74) is 3.86. The molecule has 0 bridgehead atoms. The second kappa shape index (κ2) is 6.34. The number of nitrogens with one attached hydrogen (secondary N) is 1. The van der Waals surface area contributed by atoms with Crippen LogP contribution >= 0.6 is 0 Å². The van der Waals surface area contributed by atoms with Crippen LogP contribution in [0.4, 0.5) is 18.9 Å². The standard InChI is InChI=1S/C14H17F3N2O2/c15-14(16,17)11-8-9(3-4-12(11)18)13(20)19-6-5-10-2-1-7-21-10/h3-4,8,10H,1-2,5-7,18H2,(H,19,20). The van der Waals surface area contributed by atoms with Crippen LogP contribution in [-0.4, -0.2) is 25.2 Å². The molecule has 1 saturated heterocycles. The van der Waals surface area contributed by atoms with E-state index in [-0.39, 0.29) is 11.7 Å². The number of carbonyl (C=O) groups is 1. The van der Waals surface area contributed by atoms with Crippen molar-refractivity contribution in [2.45, 2.75) is 31.5 Å². The summed E-state index contributed by atoms with van der Waals surface area (Å²) in [7, 11) is 0. The molecule has 2 rings (SSSR count). The molecule has 4 nitrogen and oxygen atoms in total. The monoisotopic (exact) mass is 302 g/mol. The zero-order valence-corrected chi connectivity index (χ0v) is 11.4. The van der Waals surface area contributed by atoms with E-state index in [4.69, 9.17) is 10.5 Å². The second-order valence-electron chi connectivity index (χ2n) is 4.98. The molecule has 0 aliphatic carbocycles. The number of rotatable bonds is 4. The van der Waals surface area contributed by atoms with Crippen molar-refractivity contribution in [2.24, 2.45) is 0 Å². The van der Waals surface area contributed by atoms with Crippen LogP contribution in [0.15, 0.2) is 18.2 Å². The van der Waals surface area contributed by atoms with Crippen LogP contribution in [0.2, 0.25) is 0 Å². The molecule has 0 aromatic heterocycles. The molecule has 3 N–H and O–H groups in total. The molecule has 1 unspecified atom stereocenters. The van der Waals surface area contributed by atoms with Gasteiger partial charge in [0.2, 0.25) is 0 Å². The zero-order chi connectivity index (χ0) is 15.5. The van der Waals surface area contributed by atoms with Gasteiger partial charge in [0.05, 0.1) is 11.7 Å².